The molecule has 78 valence electrons. The number of carbonyl (C=O) groups excluding carboxylic acids is 1. The number of carbonyl (C=O) groups is 1. The van der Waals surface area contributed by atoms with Gasteiger partial charge in [0.05, 0.1) is 6.54 Å². The van der Waals surface area contributed by atoms with E-state index in [9.17, 15) is 4.79 Å². The van der Waals surface area contributed by atoms with Gasteiger partial charge in [0.2, 0.25) is 0 Å². The molecule has 0 spiro atoms. The molecule has 1 aliphatic heterocycles. The topological polar surface area (TPSA) is 58.4 Å². The molecule has 0 saturated heterocycles. The number of halogens is 1. The first-order chi connectivity index (χ1) is 7.16. The first-order valence-electron chi connectivity index (χ1n) is 4.46. The van der Waals surface area contributed by atoms with Crippen molar-refractivity contribution in [1.29, 1.82) is 0 Å². The SMILES string of the molecule is NC1=CCN(C(=O)c2ccc(Cl)cc2)N1. The molecule has 2 rings (SSSR count). The summed E-state index contributed by atoms with van der Waals surface area (Å²) in [6, 6.07) is 6.73. The van der Waals surface area contributed by atoms with Gasteiger partial charge in [-0.3, -0.25) is 10.2 Å². The summed E-state index contributed by atoms with van der Waals surface area (Å²) in [6.07, 6.45) is 1.74. The molecule has 0 unspecified atom stereocenters. The second kappa shape index (κ2) is 3.82. The van der Waals surface area contributed by atoms with Gasteiger partial charge in [-0.2, -0.15) is 0 Å². The van der Waals surface area contributed by atoms with Gasteiger partial charge >= 0.3 is 0 Å². The number of nitrogens with one attached hydrogen (secondary N) is 1. The van der Waals surface area contributed by atoms with Crippen molar-refractivity contribution in [3.8, 4) is 0 Å². The summed E-state index contributed by atoms with van der Waals surface area (Å²) in [5.74, 6) is 0.376. The van der Waals surface area contributed by atoms with Crippen LogP contribution in [0.15, 0.2) is 36.2 Å². The molecule has 1 amide bonds. The van der Waals surface area contributed by atoms with E-state index >= 15 is 0 Å². The highest BCUT2D eigenvalue weighted by atomic mass is 35.5. The van der Waals surface area contributed by atoms with Crippen LogP contribution >= 0.6 is 11.6 Å². The van der Waals surface area contributed by atoms with E-state index in [0.29, 0.717) is 23.0 Å². The van der Waals surface area contributed by atoms with Gasteiger partial charge in [-0.25, -0.2) is 5.01 Å². The molecule has 0 saturated carbocycles. The lowest BCUT2D eigenvalue weighted by molar-refractivity contribution is 0.0730. The van der Waals surface area contributed by atoms with Gasteiger partial charge in [0, 0.05) is 10.6 Å². The van der Waals surface area contributed by atoms with Crippen molar-refractivity contribution >= 4 is 17.5 Å². The molecule has 0 radical (unpaired) electrons. The van der Waals surface area contributed by atoms with Crippen LogP contribution in [0.4, 0.5) is 0 Å². The first kappa shape index (κ1) is 9.86. The van der Waals surface area contributed by atoms with Crippen LogP contribution in [0.1, 0.15) is 10.4 Å². The number of nitrogens with two attached hydrogens (primary N) is 1. The lowest BCUT2D eigenvalue weighted by atomic mass is 10.2. The summed E-state index contributed by atoms with van der Waals surface area (Å²) in [4.78, 5) is 11.8. The van der Waals surface area contributed by atoms with Gasteiger partial charge in [-0.15, -0.1) is 0 Å². The highest BCUT2D eigenvalue weighted by Crippen LogP contribution is 2.12. The zero-order chi connectivity index (χ0) is 10.8. The van der Waals surface area contributed by atoms with E-state index in [4.69, 9.17) is 17.3 Å². The summed E-state index contributed by atoms with van der Waals surface area (Å²) in [5, 5.41) is 2.05. The fraction of sp³-hybridized carbons (Fsp3) is 0.100. The smallest absolute Gasteiger partial charge is 0.272 e. The Morgan fingerprint density at radius 1 is 1.40 bits per heavy atom. The maximum atomic E-state index is 11.8. The predicted octanol–water partition coefficient (Wildman–Crippen LogP) is 1.10. The standard InChI is InChI=1S/C10H10ClN3O/c11-8-3-1-7(2-4-8)10(15)14-6-5-9(12)13-14/h1-5,13H,6,12H2. The molecule has 3 N–H and O–H groups in total. The molecule has 0 aliphatic carbocycles. The van der Waals surface area contributed by atoms with E-state index in [1.807, 2.05) is 0 Å². The number of hydrogen-bond acceptors (Lipinski definition) is 3. The van der Waals surface area contributed by atoms with Crippen molar-refractivity contribution in [2.24, 2.45) is 5.73 Å². The number of amides is 1. The Morgan fingerprint density at radius 3 is 2.60 bits per heavy atom. The Balaban J connectivity index is 2.12. The van der Waals surface area contributed by atoms with Crippen LogP contribution in [0, 0.1) is 0 Å². The van der Waals surface area contributed by atoms with Gasteiger partial charge < -0.3 is 5.73 Å². The van der Waals surface area contributed by atoms with E-state index < -0.39 is 0 Å². The van der Waals surface area contributed by atoms with Crippen LogP contribution in [0.5, 0.6) is 0 Å². The van der Waals surface area contributed by atoms with Crippen LogP contribution in [0.25, 0.3) is 0 Å². The van der Waals surface area contributed by atoms with Crippen molar-refractivity contribution in [3.63, 3.8) is 0 Å². The molecule has 0 aromatic heterocycles. The van der Waals surface area contributed by atoms with Crippen molar-refractivity contribution in [2.45, 2.75) is 0 Å². The summed E-state index contributed by atoms with van der Waals surface area (Å²) < 4.78 is 0. The predicted molar refractivity (Wildman–Crippen MR) is 57.9 cm³/mol. The Hall–Kier alpha value is -1.68. The molecule has 4 nitrogen and oxygen atoms in total. The minimum absolute atomic E-state index is 0.122. The number of benzene rings is 1. The molecule has 1 aromatic rings. The van der Waals surface area contributed by atoms with Crippen molar-refractivity contribution < 1.29 is 4.79 Å². The molecule has 15 heavy (non-hydrogen) atoms. The maximum absolute atomic E-state index is 11.8. The Morgan fingerprint density at radius 2 is 2.07 bits per heavy atom. The third-order valence-electron chi connectivity index (χ3n) is 2.09. The average Bonchev–Trinajstić information content (AvgIpc) is 2.65. The van der Waals surface area contributed by atoms with Gasteiger partial charge in [-0.1, -0.05) is 11.6 Å². The van der Waals surface area contributed by atoms with E-state index in [0.717, 1.165) is 0 Å². The van der Waals surface area contributed by atoms with E-state index in [1.54, 1.807) is 30.3 Å². The molecule has 1 aromatic carbocycles. The van der Waals surface area contributed by atoms with Crippen molar-refractivity contribution in [2.75, 3.05) is 6.54 Å². The summed E-state index contributed by atoms with van der Waals surface area (Å²) >= 11 is 5.73. The minimum atomic E-state index is -0.122. The van der Waals surface area contributed by atoms with Crippen LogP contribution < -0.4 is 11.2 Å². The molecular formula is C10H10ClN3O. The number of hydrazine groups is 1. The second-order valence-electron chi connectivity index (χ2n) is 3.19. The Labute approximate surface area is 92.3 Å². The largest absolute Gasteiger partial charge is 0.384 e. The lowest BCUT2D eigenvalue weighted by Crippen LogP contribution is -2.39. The van der Waals surface area contributed by atoms with E-state index in [2.05, 4.69) is 5.43 Å². The Bertz CT molecular complexity index is 413. The summed E-state index contributed by atoms with van der Waals surface area (Å²) in [6.45, 7) is 0.479. The Kier molecular flexibility index (Phi) is 2.51. The van der Waals surface area contributed by atoms with Gasteiger partial charge in [-0.05, 0) is 30.3 Å². The number of nitrogens with zero attached hydrogens (tertiary/aromatic N) is 1. The molecular weight excluding hydrogens is 214 g/mol. The number of rotatable bonds is 1. The quantitative estimate of drug-likeness (QED) is 0.750. The molecule has 0 fully saturated rings. The van der Waals surface area contributed by atoms with Crippen LogP contribution in [0.2, 0.25) is 5.02 Å². The van der Waals surface area contributed by atoms with Crippen molar-refractivity contribution in [3.05, 3.63) is 46.7 Å². The van der Waals surface area contributed by atoms with E-state index in [-0.39, 0.29) is 5.91 Å². The monoisotopic (exact) mass is 223 g/mol. The van der Waals surface area contributed by atoms with Crippen LogP contribution in [-0.4, -0.2) is 17.5 Å². The molecule has 1 aliphatic rings. The normalized spacial score (nSPS) is 14.7. The molecule has 0 bridgehead atoms. The fourth-order valence-electron chi connectivity index (χ4n) is 1.32. The summed E-state index contributed by atoms with van der Waals surface area (Å²) in [7, 11) is 0. The fourth-order valence-corrected chi connectivity index (χ4v) is 1.44. The van der Waals surface area contributed by atoms with Gasteiger partial charge in [0.1, 0.15) is 5.82 Å². The second-order valence-corrected chi connectivity index (χ2v) is 3.63. The molecule has 0 atom stereocenters. The third-order valence-corrected chi connectivity index (χ3v) is 2.35. The highest BCUT2D eigenvalue weighted by molar-refractivity contribution is 6.30. The summed E-state index contributed by atoms with van der Waals surface area (Å²) in [5.41, 5.74) is 8.84. The zero-order valence-corrected chi connectivity index (χ0v) is 8.66. The highest BCUT2D eigenvalue weighted by Gasteiger charge is 2.18. The zero-order valence-electron chi connectivity index (χ0n) is 7.90. The lowest BCUT2D eigenvalue weighted by Gasteiger charge is -2.16. The van der Waals surface area contributed by atoms with Crippen LogP contribution in [-0.2, 0) is 0 Å². The van der Waals surface area contributed by atoms with Gasteiger partial charge in [0.15, 0.2) is 0 Å². The number of hydrogen-bond donors (Lipinski definition) is 2. The van der Waals surface area contributed by atoms with E-state index in [1.165, 1.54) is 5.01 Å². The third kappa shape index (κ3) is 2.05. The van der Waals surface area contributed by atoms with Crippen LogP contribution in [0.3, 0.4) is 0 Å². The maximum Gasteiger partial charge on any atom is 0.272 e. The first-order valence-corrected chi connectivity index (χ1v) is 4.84. The molecule has 5 heteroatoms. The van der Waals surface area contributed by atoms with Gasteiger partial charge in [0.25, 0.3) is 5.91 Å². The minimum Gasteiger partial charge on any atom is -0.384 e. The average molecular weight is 224 g/mol. The molecule has 1 heterocycles. The van der Waals surface area contributed by atoms with Crippen molar-refractivity contribution in [1.82, 2.24) is 10.4 Å².